The predicted molar refractivity (Wildman–Crippen MR) is 84.1 cm³/mol. The fourth-order valence-corrected chi connectivity index (χ4v) is 2.47. The van der Waals surface area contributed by atoms with E-state index in [2.05, 4.69) is 26.0 Å². The maximum absolute atomic E-state index is 12.4. The first-order valence-corrected chi connectivity index (χ1v) is 7.65. The lowest BCUT2D eigenvalue weighted by molar-refractivity contribution is -0.135. The van der Waals surface area contributed by atoms with Crippen molar-refractivity contribution in [3.8, 4) is 0 Å². The molecule has 0 heterocycles. The quantitative estimate of drug-likeness (QED) is 0.791. The van der Waals surface area contributed by atoms with Gasteiger partial charge in [0.05, 0.1) is 0 Å². The highest BCUT2D eigenvalue weighted by molar-refractivity contribution is 5.78. The summed E-state index contributed by atoms with van der Waals surface area (Å²) in [6.45, 7) is 5.47. The van der Waals surface area contributed by atoms with E-state index >= 15 is 0 Å². The zero-order valence-electron chi connectivity index (χ0n) is 13.1. The van der Waals surface area contributed by atoms with Crippen molar-refractivity contribution in [2.45, 2.75) is 52.6 Å². The van der Waals surface area contributed by atoms with Gasteiger partial charge in [0.15, 0.2) is 0 Å². The van der Waals surface area contributed by atoms with Crippen LogP contribution in [0.1, 0.15) is 50.7 Å². The standard InChI is InChI=1S/C17H28N2O/c1-4-6-10-16(5-2)17(20)19(3)13-15-9-7-8-14(11-15)12-18/h7-9,11,16H,4-6,10,12-13,18H2,1-3H3. The van der Waals surface area contributed by atoms with Gasteiger partial charge in [-0.25, -0.2) is 0 Å². The molecule has 1 aromatic carbocycles. The molecule has 0 aromatic heterocycles. The molecular weight excluding hydrogens is 248 g/mol. The minimum atomic E-state index is 0.164. The Bertz CT molecular complexity index is 417. The van der Waals surface area contributed by atoms with Crippen molar-refractivity contribution in [1.29, 1.82) is 0 Å². The number of unbranched alkanes of at least 4 members (excludes halogenated alkanes) is 1. The van der Waals surface area contributed by atoms with Gasteiger partial charge in [0, 0.05) is 26.1 Å². The Hall–Kier alpha value is -1.35. The fraction of sp³-hybridized carbons (Fsp3) is 0.588. The maximum atomic E-state index is 12.4. The van der Waals surface area contributed by atoms with Crippen LogP contribution in [0.4, 0.5) is 0 Å². The minimum Gasteiger partial charge on any atom is -0.341 e. The molecule has 1 amide bonds. The second-order valence-electron chi connectivity index (χ2n) is 5.47. The van der Waals surface area contributed by atoms with Gasteiger partial charge in [-0.2, -0.15) is 0 Å². The molecule has 0 saturated heterocycles. The van der Waals surface area contributed by atoms with E-state index in [1.165, 1.54) is 0 Å². The largest absolute Gasteiger partial charge is 0.341 e. The Kier molecular flexibility index (Phi) is 7.31. The van der Waals surface area contributed by atoms with Gasteiger partial charge in [-0.3, -0.25) is 4.79 Å². The van der Waals surface area contributed by atoms with Gasteiger partial charge in [-0.1, -0.05) is 51.0 Å². The molecule has 20 heavy (non-hydrogen) atoms. The van der Waals surface area contributed by atoms with Crippen LogP contribution in [-0.4, -0.2) is 17.9 Å². The van der Waals surface area contributed by atoms with Gasteiger partial charge >= 0.3 is 0 Å². The summed E-state index contributed by atoms with van der Waals surface area (Å²) in [5, 5.41) is 0. The Labute approximate surface area is 123 Å². The average Bonchev–Trinajstić information content (AvgIpc) is 2.47. The van der Waals surface area contributed by atoms with Crippen molar-refractivity contribution in [3.63, 3.8) is 0 Å². The van der Waals surface area contributed by atoms with Crippen LogP contribution in [-0.2, 0) is 17.9 Å². The smallest absolute Gasteiger partial charge is 0.225 e. The van der Waals surface area contributed by atoms with Gasteiger partial charge in [0.1, 0.15) is 0 Å². The third-order valence-corrected chi connectivity index (χ3v) is 3.77. The first-order valence-electron chi connectivity index (χ1n) is 7.65. The number of carbonyl (C=O) groups excluding carboxylic acids is 1. The van der Waals surface area contributed by atoms with Gasteiger partial charge in [0.2, 0.25) is 5.91 Å². The highest BCUT2D eigenvalue weighted by Crippen LogP contribution is 2.17. The summed E-state index contributed by atoms with van der Waals surface area (Å²) in [5.74, 6) is 0.428. The molecule has 1 rings (SSSR count). The zero-order valence-corrected chi connectivity index (χ0v) is 13.1. The molecule has 3 nitrogen and oxygen atoms in total. The van der Waals surface area contributed by atoms with E-state index in [-0.39, 0.29) is 11.8 Å². The summed E-state index contributed by atoms with van der Waals surface area (Å²) >= 11 is 0. The SMILES string of the molecule is CCCCC(CC)C(=O)N(C)Cc1cccc(CN)c1. The van der Waals surface area contributed by atoms with Crippen LogP contribution in [0.3, 0.4) is 0 Å². The summed E-state index contributed by atoms with van der Waals surface area (Å²) in [6.07, 6.45) is 4.19. The van der Waals surface area contributed by atoms with Crippen LogP contribution in [0.25, 0.3) is 0 Å². The molecule has 3 heteroatoms. The first kappa shape index (κ1) is 16.7. The molecule has 2 N–H and O–H groups in total. The topological polar surface area (TPSA) is 46.3 Å². The number of nitrogens with two attached hydrogens (primary N) is 1. The third kappa shape index (κ3) is 4.97. The lowest BCUT2D eigenvalue weighted by Gasteiger charge is -2.23. The lowest BCUT2D eigenvalue weighted by atomic mass is 9.97. The molecule has 1 unspecified atom stereocenters. The number of hydrogen-bond donors (Lipinski definition) is 1. The Morgan fingerprint density at radius 2 is 2.00 bits per heavy atom. The number of hydrogen-bond acceptors (Lipinski definition) is 2. The molecule has 0 bridgehead atoms. The lowest BCUT2D eigenvalue weighted by Crippen LogP contribution is -2.32. The molecule has 0 aliphatic rings. The fourth-order valence-electron chi connectivity index (χ4n) is 2.47. The summed E-state index contributed by atoms with van der Waals surface area (Å²) in [4.78, 5) is 14.3. The third-order valence-electron chi connectivity index (χ3n) is 3.77. The van der Waals surface area contributed by atoms with E-state index < -0.39 is 0 Å². The summed E-state index contributed by atoms with van der Waals surface area (Å²) < 4.78 is 0. The van der Waals surface area contributed by atoms with Gasteiger partial charge in [-0.15, -0.1) is 0 Å². The van der Waals surface area contributed by atoms with E-state index in [1.54, 1.807) is 0 Å². The van der Waals surface area contributed by atoms with Crippen molar-refractivity contribution >= 4 is 5.91 Å². The van der Waals surface area contributed by atoms with Crippen molar-refractivity contribution in [1.82, 2.24) is 4.90 Å². The second kappa shape index (κ2) is 8.75. The van der Waals surface area contributed by atoms with Gasteiger partial charge in [-0.05, 0) is 24.0 Å². The van der Waals surface area contributed by atoms with Gasteiger partial charge in [0.25, 0.3) is 0 Å². The maximum Gasteiger partial charge on any atom is 0.225 e. The van der Waals surface area contributed by atoms with Crippen molar-refractivity contribution in [2.24, 2.45) is 11.7 Å². The average molecular weight is 276 g/mol. The Balaban J connectivity index is 2.63. The molecule has 0 spiro atoms. The molecule has 0 aliphatic carbocycles. The highest BCUT2D eigenvalue weighted by atomic mass is 16.2. The number of nitrogens with zero attached hydrogens (tertiary/aromatic N) is 1. The number of carbonyl (C=O) groups is 1. The molecule has 0 aliphatic heterocycles. The molecule has 112 valence electrons. The molecular formula is C17H28N2O. The first-order chi connectivity index (χ1) is 9.62. The number of rotatable bonds is 8. The van der Waals surface area contributed by atoms with Crippen LogP contribution >= 0.6 is 0 Å². The summed E-state index contributed by atoms with van der Waals surface area (Å²) in [7, 11) is 1.89. The van der Waals surface area contributed by atoms with Crippen molar-refractivity contribution in [3.05, 3.63) is 35.4 Å². The number of amides is 1. The molecule has 1 aromatic rings. The van der Waals surface area contributed by atoms with Crippen LogP contribution < -0.4 is 5.73 Å². The molecule has 0 fully saturated rings. The highest BCUT2D eigenvalue weighted by Gasteiger charge is 2.19. The summed E-state index contributed by atoms with van der Waals surface area (Å²) in [6, 6.07) is 8.15. The van der Waals surface area contributed by atoms with Crippen LogP contribution in [0.5, 0.6) is 0 Å². The van der Waals surface area contributed by atoms with Gasteiger partial charge < -0.3 is 10.6 Å². The van der Waals surface area contributed by atoms with Crippen molar-refractivity contribution in [2.75, 3.05) is 7.05 Å². The van der Waals surface area contributed by atoms with Crippen molar-refractivity contribution < 1.29 is 4.79 Å². The summed E-state index contributed by atoms with van der Waals surface area (Å²) in [5.41, 5.74) is 7.91. The van der Waals surface area contributed by atoms with Crippen LogP contribution in [0.2, 0.25) is 0 Å². The van der Waals surface area contributed by atoms with E-state index in [0.717, 1.165) is 36.8 Å². The Morgan fingerprint density at radius 3 is 2.60 bits per heavy atom. The molecule has 0 saturated carbocycles. The predicted octanol–water partition coefficient (Wildman–Crippen LogP) is 3.32. The second-order valence-corrected chi connectivity index (χ2v) is 5.47. The normalized spacial score (nSPS) is 12.2. The number of benzene rings is 1. The van der Waals surface area contributed by atoms with Crippen LogP contribution in [0.15, 0.2) is 24.3 Å². The molecule has 0 radical (unpaired) electrons. The zero-order chi connectivity index (χ0) is 15.0. The van der Waals surface area contributed by atoms with Crippen LogP contribution in [0, 0.1) is 5.92 Å². The monoisotopic (exact) mass is 276 g/mol. The molecule has 1 atom stereocenters. The minimum absolute atomic E-state index is 0.164. The van der Waals surface area contributed by atoms with E-state index in [4.69, 9.17) is 5.73 Å². The van der Waals surface area contributed by atoms with E-state index in [0.29, 0.717) is 13.1 Å². The van der Waals surface area contributed by atoms with E-state index in [9.17, 15) is 4.79 Å². The van der Waals surface area contributed by atoms with E-state index in [1.807, 2.05) is 24.1 Å². The Morgan fingerprint density at radius 1 is 1.30 bits per heavy atom.